The highest BCUT2D eigenvalue weighted by Crippen LogP contribution is 2.45. The molecule has 1 unspecified atom stereocenters. The molecule has 0 amide bonds. The van der Waals surface area contributed by atoms with Crippen LogP contribution in [0, 0.1) is 11.8 Å². The number of carbonyl (C=O) groups is 1. The molecule has 0 bridgehead atoms. The van der Waals surface area contributed by atoms with Gasteiger partial charge in [-0.15, -0.1) is 0 Å². The van der Waals surface area contributed by atoms with Crippen molar-refractivity contribution in [2.45, 2.75) is 71.4 Å². The monoisotopic (exact) mass is 345 g/mol. The fourth-order valence-corrected chi connectivity index (χ4v) is 4.50. The van der Waals surface area contributed by atoms with Gasteiger partial charge in [-0.25, -0.2) is 4.79 Å². The Kier molecular flexibility index (Phi) is 5.49. The molecule has 4 heteroatoms. The molecule has 1 aromatic rings. The van der Waals surface area contributed by atoms with Gasteiger partial charge in [0.2, 0.25) is 6.23 Å². The van der Waals surface area contributed by atoms with Crippen molar-refractivity contribution in [1.29, 1.82) is 0 Å². The first kappa shape index (κ1) is 18.4. The predicted octanol–water partition coefficient (Wildman–Crippen LogP) is 3.99. The topological polar surface area (TPSA) is 38.8 Å². The summed E-state index contributed by atoms with van der Waals surface area (Å²) in [4.78, 5) is 14.9. The van der Waals surface area contributed by atoms with Gasteiger partial charge in [0.05, 0.1) is 12.7 Å². The number of ether oxygens (including phenoxy) is 2. The van der Waals surface area contributed by atoms with E-state index in [4.69, 9.17) is 9.47 Å². The maximum absolute atomic E-state index is 12.7. The lowest BCUT2D eigenvalue weighted by molar-refractivity contribution is -0.243. The van der Waals surface area contributed by atoms with Crippen LogP contribution in [0.5, 0.6) is 0 Å². The fourth-order valence-electron chi connectivity index (χ4n) is 4.50. The zero-order valence-corrected chi connectivity index (χ0v) is 15.9. The molecule has 1 saturated carbocycles. The van der Waals surface area contributed by atoms with Crippen LogP contribution in [0.1, 0.15) is 52.5 Å². The van der Waals surface area contributed by atoms with E-state index in [-0.39, 0.29) is 17.6 Å². The fraction of sp³-hybridized carbons (Fsp3) is 0.667. The van der Waals surface area contributed by atoms with Crippen molar-refractivity contribution in [1.82, 2.24) is 4.90 Å². The third kappa shape index (κ3) is 3.75. The van der Waals surface area contributed by atoms with Crippen LogP contribution < -0.4 is 0 Å². The summed E-state index contributed by atoms with van der Waals surface area (Å²) in [5.74, 6) is 0.835. The molecule has 1 heterocycles. The van der Waals surface area contributed by atoms with Gasteiger partial charge in [-0.05, 0) is 45.1 Å². The summed E-state index contributed by atoms with van der Waals surface area (Å²) in [7, 11) is 0. The summed E-state index contributed by atoms with van der Waals surface area (Å²) in [6.07, 6.45) is 2.93. The number of rotatable bonds is 4. The van der Waals surface area contributed by atoms with Crippen LogP contribution in [0.15, 0.2) is 30.3 Å². The van der Waals surface area contributed by atoms with E-state index in [1.165, 1.54) is 12.0 Å². The Hall–Kier alpha value is -1.39. The normalized spacial score (nSPS) is 32.0. The number of benzene rings is 1. The Morgan fingerprint density at radius 3 is 2.68 bits per heavy atom. The lowest BCUT2D eigenvalue weighted by Crippen LogP contribution is -2.66. The van der Waals surface area contributed by atoms with Crippen LogP contribution in [-0.2, 0) is 20.8 Å². The molecule has 2 aliphatic rings. The summed E-state index contributed by atoms with van der Waals surface area (Å²) < 4.78 is 11.7. The summed E-state index contributed by atoms with van der Waals surface area (Å²) in [5, 5.41) is 0. The zero-order valence-electron chi connectivity index (χ0n) is 15.9. The molecule has 4 atom stereocenters. The van der Waals surface area contributed by atoms with Gasteiger partial charge in [0, 0.05) is 18.0 Å². The maximum atomic E-state index is 12.7. The standard InChI is InChI=1S/C21H31NO3/c1-5-24-20(23)19-22(14-16-9-7-6-8-10-16)21(3,4)17-12-11-15(2)13-18(17)25-19/h6-10,15,17-19H,5,11-14H2,1-4H3/t15-,17-,18-,19?/m1/s1. The van der Waals surface area contributed by atoms with E-state index >= 15 is 0 Å². The Labute approximate surface area is 151 Å². The van der Waals surface area contributed by atoms with E-state index in [1.54, 1.807) is 0 Å². The largest absolute Gasteiger partial charge is 0.463 e. The number of esters is 1. The third-order valence-electron chi connectivity index (χ3n) is 5.97. The number of hydrogen-bond acceptors (Lipinski definition) is 4. The van der Waals surface area contributed by atoms with Crippen molar-refractivity contribution >= 4 is 5.97 Å². The number of fused-ring (bicyclic) bond motifs is 1. The van der Waals surface area contributed by atoms with Crippen LogP contribution in [0.4, 0.5) is 0 Å². The van der Waals surface area contributed by atoms with Crippen LogP contribution in [-0.4, -0.2) is 35.3 Å². The average molecular weight is 345 g/mol. The van der Waals surface area contributed by atoms with Crippen LogP contribution >= 0.6 is 0 Å². The van der Waals surface area contributed by atoms with Gasteiger partial charge >= 0.3 is 5.97 Å². The first-order valence-electron chi connectivity index (χ1n) is 9.56. The van der Waals surface area contributed by atoms with Crippen molar-refractivity contribution < 1.29 is 14.3 Å². The van der Waals surface area contributed by atoms with Gasteiger partial charge in [0.15, 0.2) is 0 Å². The molecule has 138 valence electrons. The van der Waals surface area contributed by atoms with E-state index in [0.29, 0.717) is 25.0 Å². The van der Waals surface area contributed by atoms with Gasteiger partial charge in [-0.2, -0.15) is 0 Å². The minimum Gasteiger partial charge on any atom is -0.463 e. The van der Waals surface area contributed by atoms with Crippen LogP contribution in [0.2, 0.25) is 0 Å². The highest BCUT2D eigenvalue weighted by Gasteiger charge is 2.52. The molecule has 2 fully saturated rings. The van der Waals surface area contributed by atoms with Gasteiger partial charge < -0.3 is 9.47 Å². The molecule has 0 aromatic heterocycles. The van der Waals surface area contributed by atoms with E-state index in [2.05, 4.69) is 37.8 Å². The molecule has 1 aromatic carbocycles. The Morgan fingerprint density at radius 2 is 2.00 bits per heavy atom. The highest BCUT2D eigenvalue weighted by molar-refractivity contribution is 5.74. The number of hydrogen-bond donors (Lipinski definition) is 0. The third-order valence-corrected chi connectivity index (χ3v) is 5.97. The molecule has 1 saturated heterocycles. The Balaban J connectivity index is 1.90. The molecular weight excluding hydrogens is 314 g/mol. The second-order valence-electron chi connectivity index (χ2n) is 8.07. The smallest absolute Gasteiger partial charge is 0.350 e. The van der Waals surface area contributed by atoms with Crippen LogP contribution in [0.3, 0.4) is 0 Å². The second kappa shape index (κ2) is 7.46. The Morgan fingerprint density at radius 1 is 1.28 bits per heavy atom. The molecule has 4 nitrogen and oxygen atoms in total. The van der Waals surface area contributed by atoms with Crippen LogP contribution in [0.25, 0.3) is 0 Å². The van der Waals surface area contributed by atoms with Gasteiger partial charge in [-0.3, -0.25) is 4.90 Å². The molecule has 3 rings (SSSR count). The van der Waals surface area contributed by atoms with Gasteiger partial charge in [0.1, 0.15) is 0 Å². The highest BCUT2D eigenvalue weighted by atomic mass is 16.6. The summed E-state index contributed by atoms with van der Waals surface area (Å²) >= 11 is 0. The van der Waals surface area contributed by atoms with Crippen molar-refractivity contribution in [3.05, 3.63) is 35.9 Å². The second-order valence-corrected chi connectivity index (χ2v) is 8.07. The van der Waals surface area contributed by atoms with E-state index in [1.807, 2.05) is 25.1 Å². The minimum atomic E-state index is -0.623. The lowest BCUT2D eigenvalue weighted by atomic mass is 9.69. The summed E-state index contributed by atoms with van der Waals surface area (Å²) in [5.41, 5.74) is 1.08. The van der Waals surface area contributed by atoms with Crippen molar-refractivity contribution in [3.63, 3.8) is 0 Å². The summed E-state index contributed by atoms with van der Waals surface area (Å²) in [6, 6.07) is 10.3. The van der Waals surface area contributed by atoms with E-state index in [9.17, 15) is 4.79 Å². The molecule has 0 radical (unpaired) electrons. The Bertz CT molecular complexity index is 586. The van der Waals surface area contributed by atoms with Crippen molar-refractivity contribution in [3.8, 4) is 0 Å². The van der Waals surface area contributed by atoms with Gasteiger partial charge in [0.25, 0.3) is 0 Å². The van der Waals surface area contributed by atoms with Crippen molar-refractivity contribution in [2.75, 3.05) is 6.61 Å². The molecule has 1 aliphatic heterocycles. The first-order chi connectivity index (χ1) is 11.9. The van der Waals surface area contributed by atoms with Gasteiger partial charge in [-0.1, -0.05) is 43.7 Å². The SMILES string of the molecule is CCOC(=O)C1O[C@@H]2C[C@H](C)CC[C@H]2C(C)(C)N1Cc1ccccc1. The predicted molar refractivity (Wildman–Crippen MR) is 97.9 cm³/mol. The summed E-state index contributed by atoms with van der Waals surface area (Å²) in [6.45, 7) is 9.72. The quantitative estimate of drug-likeness (QED) is 0.774. The maximum Gasteiger partial charge on any atom is 0.350 e. The molecule has 0 N–H and O–H groups in total. The van der Waals surface area contributed by atoms with Crippen molar-refractivity contribution in [2.24, 2.45) is 11.8 Å². The van der Waals surface area contributed by atoms with E-state index < -0.39 is 6.23 Å². The molecule has 25 heavy (non-hydrogen) atoms. The molecule has 1 aliphatic carbocycles. The number of carbonyl (C=O) groups excluding carboxylic acids is 1. The van der Waals surface area contributed by atoms with E-state index in [0.717, 1.165) is 12.8 Å². The number of nitrogens with zero attached hydrogens (tertiary/aromatic N) is 1. The average Bonchev–Trinajstić information content (AvgIpc) is 2.58. The molecular formula is C21H31NO3. The molecule has 0 spiro atoms. The zero-order chi connectivity index (χ0) is 18.0. The lowest BCUT2D eigenvalue weighted by Gasteiger charge is -2.56. The first-order valence-corrected chi connectivity index (χ1v) is 9.56. The minimum absolute atomic E-state index is 0.115.